The van der Waals surface area contributed by atoms with Gasteiger partial charge in [-0.1, -0.05) is 72.8 Å². The van der Waals surface area contributed by atoms with Crippen LogP contribution in [0.2, 0.25) is 0 Å². The van der Waals surface area contributed by atoms with Crippen LogP contribution in [0.5, 0.6) is 0 Å². The number of carbonyl (C=O) groups excluding carboxylic acids is 1. The summed E-state index contributed by atoms with van der Waals surface area (Å²) in [5, 5.41) is 0. The summed E-state index contributed by atoms with van der Waals surface area (Å²) in [4.78, 5) is 15.3. The van der Waals surface area contributed by atoms with Crippen molar-refractivity contribution in [2.45, 2.75) is 50.6 Å². The molecule has 6 rings (SSSR count). The van der Waals surface area contributed by atoms with Gasteiger partial charge in [-0.3, -0.25) is 4.90 Å². The molecule has 0 spiro atoms. The van der Waals surface area contributed by atoms with Gasteiger partial charge < -0.3 is 4.74 Å². The molecule has 3 nitrogen and oxygen atoms in total. The molecule has 0 radical (unpaired) electrons. The maximum Gasteiger partial charge on any atom is 0.410 e. The van der Waals surface area contributed by atoms with Gasteiger partial charge in [-0.05, 0) is 66.0 Å². The number of halogens is 1. The van der Waals surface area contributed by atoms with Gasteiger partial charge in [-0.25, -0.2) is 9.18 Å². The number of piperidine rings is 1. The van der Waals surface area contributed by atoms with E-state index in [1.54, 1.807) is 13.0 Å². The average Bonchev–Trinajstić information content (AvgIpc) is 3.17. The fraction of sp³-hybridized carbons (Fsp3) is 0.300. The minimum atomic E-state index is -0.253. The molecule has 172 valence electrons. The van der Waals surface area contributed by atoms with Crippen LogP contribution in [-0.2, 0) is 4.74 Å². The molecule has 3 aliphatic rings. The lowest BCUT2D eigenvalue weighted by Gasteiger charge is -2.44. The monoisotopic (exact) mass is 453 g/mol. The van der Waals surface area contributed by atoms with E-state index >= 15 is 0 Å². The Hall–Kier alpha value is -3.40. The number of ether oxygens (including phenoxy) is 1. The predicted molar refractivity (Wildman–Crippen MR) is 132 cm³/mol. The number of amides is 1. The molecule has 2 heterocycles. The van der Waals surface area contributed by atoms with E-state index < -0.39 is 0 Å². The Morgan fingerprint density at radius 2 is 1.62 bits per heavy atom. The maximum absolute atomic E-state index is 14.8. The minimum absolute atomic E-state index is 0.0435. The van der Waals surface area contributed by atoms with Gasteiger partial charge in [-0.2, -0.15) is 0 Å². The first-order valence-electron chi connectivity index (χ1n) is 12.2. The zero-order valence-electron chi connectivity index (χ0n) is 19.3. The van der Waals surface area contributed by atoms with E-state index in [4.69, 9.17) is 4.74 Å². The van der Waals surface area contributed by atoms with Crippen molar-refractivity contribution in [3.05, 3.63) is 101 Å². The van der Waals surface area contributed by atoms with Gasteiger partial charge in [0.1, 0.15) is 12.4 Å². The quantitative estimate of drug-likeness (QED) is 0.424. The SMILES string of the molecule is Cc1cccc(C2=CC3CCCC(C2)N3C(=O)OCC2c3ccccc3-c3ccccc32)c1F. The van der Waals surface area contributed by atoms with Gasteiger partial charge in [0.05, 0.1) is 6.04 Å². The first-order chi connectivity index (χ1) is 16.6. The Morgan fingerprint density at radius 1 is 0.941 bits per heavy atom. The third-order valence-corrected chi connectivity index (χ3v) is 7.72. The fourth-order valence-corrected chi connectivity index (χ4v) is 6.08. The molecule has 4 heteroatoms. The van der Waals surface area contributed by atoms with Crippen LogP contribution < -0.4 is 0 Å². The van der Waals surface area contributed by atoms with Crippen LogP contribution in [-0.4, -0.2) is 29.7 Å². The Kier molecular flexibility index (Phi) is 5.24. The molecule has 2 atom stereocenters. The van der Waals surface area contributed by atoms with Gasteiger partial charge in [0.25, 0.3) is 0 Å². The second-order valence-corrected chi connectivity index (χ2v) is 9.70. The van der Waals surface area contributed by atoms with Gasteiger partial charge >= 0.3 is 6.09 Å². The molecule has 1 amide bonds. The Morgan fingerprint density at radius 3 is 2.32 bits per heavy atom. The largest absolute Gasteiger partial charge is 0.448 e. The molecule has 0 aromatic heterocycles. The van der Waals surface area contributed by atoms with Crippen molar-refractivity contribution in [1.82, 2.24) is 4.90 Å². The molecule has 1 saturated heterocycles. The Bertz CT molecular complexity index is 1250. The summed E-state index contributed by atoms with van der Waals surface area (Å²) >= 11 is 0. The number of carbonyl (C=O) groups is 1. The van der Waals surface area contributed by atoms with Crippen LogP contribution in [0.4, 0.5) is 9.18 Å². The summed E-state index contributed by atoms with van der Waals surface area (Å²) in [6.07, 6.45) is 5.39. The zero-order chi connectivity index (χ0) is 23.2. The number of aryl methyl sites for hydroxylation is 1. The van der Waals surface area contributed by atoms with Crippen LogP contribution in [0.15, 0.2) is 72.8 Å². The van der Waals surface area contributed by atoms with Crippen LogP contribution in [0.3, 0.4) is 0 Å². The summed E-state index contributed by atoms with van der Waals surface area (Å²) < 4.78 is 20.8. The Labute approximate surface area is 199 Å². The van der Waals surface area contributed by atoms with Crippen molar-refractivity contribution in [2.75, 3.05) is 6.61 Å². The van der Waals surface area contributed by atoms with Crippen molar-refractivity contribution in [1.29, 1.82) is 0 Å². The maximum atomic E-state index is 14.8. The lowest BCUT2D eigenvalue weighted by atomic mass is 9.82. The second kappa shape index (κ2) is 8.43. The van der Waals surface area contributed by atoms with E-state index in [0.717, 1.165) is 24.8 Å². The molecule has 0 saturated carbocycles. The average molecular weight is 454 g/mol. The van der Waals surface area contributed by atoms with Gasteiger partial charge in [-0.15, -0.1) is 0 Å². The van der Waals surface area contributed by atoms with Crippen LogP contribution in [0, 0.1) is 12.7 Å². The van der Waals surface area contributed by atoms with Gasteiger partial charge in [0.15, 0.2) is 0 Å². The van der Waals surface area contributed by atoms with E-state index in [0.29, 0.717) is 24.2 Å². The number of nitrogens with zero attached hydrogens (tertiary/aromatic N) is 1. The van der Waals surface area contributed by atoms with Crippen LogP contribution in [0.25, 0.3) is 16.7 Å². The molecule has 3 aromatic rings. The van der Waals surface area contributed by atoms with E-state index in [1.165, 1.54) is 22.3 Å². The van der Waals surface area contributed by atoms with E-state index in [2.05, 4.69) is 42.5 Å². The van der Waals surface area contributed by atoms with Crippen molar-refractivity contribution in [2.24, 2.45) is 0 Å². The minimum Gasteiger partial charge on any atom is -0.448 e. The van der Waals surface area contributed by atoms with E-state index in [1.807, 2.05) is 29.2 Å². The normalized spacial score (nSPS) is 21.0. The van der Waals surface area contributed by atoms with Crippen LogP contribution >= 0.6 is 0 Å². The molecule has 0 N–H and O–H groups in total. The van der Waals surface area contributed by atoms with E-state index in [9.17, 15) is 9.18 Å². The van der Waals surface area contributed by atoms with Gasteiger partial charge in [0, 0.05) is 17.5 Å². The van der Waals surface area contributed by atoms with Crippen LogP contribution in [0.1, 0.15) is 53.9 Å². The highest BCUT2D eigenvalue weighted by molar-refractivity contribution is 5.79. The first-order valence-corrected chi connectivity index (χ1v) is 12.2. The molecular weight excluding hydrogens is 425 g/mol. The Balaban J connectivity index is 1.23. The summed E-state index contributed by atoms with van der Waals surface area (Å²) in [5.41, 5.74) is 7.22. The number of fused-ring (bicyclic) bond motifs is 5. The lowest BCUT2D eigenvalue weighted by molar-refractivity contribution is 0.0538. The zero-order valence-corrected chi connectivity index (χ0v) is 19.3. The van der Waals surface area contributed by atoms with E-state index in [-0.39, 0.29) is 29.9 Å². The predicted octanol–water partition coefficient (Wildman–Crippen LogP) is 7.09. The summed E-state index contributed by atoms with van der Waals surface area (Å²) in [7, 11) is 0. The molecule has 3 aromatic carbocycles. The number of rotatable bonds is 3. The molecule has 1 aliphatic carbocycles. The third kappa shape index (κ3) is 3.44. The number of hydrogen-bond acceptors (Lipinski definition) is 2. The molecule has 2 aliphatic heterocycles. The fourth-order valence-electron chi connectivity index (χ4n) is 6.08. The van der Waals surface area contributed by atoms with Crippen molar-refractivity contribution < 1.29 is 13.9 Å². The second-order valence-electron chi connectivity index (χ2n) is 9.70. The molecule has 34 heavy (non-hydrogen) atoms. The first kappa shape index (κ1) is 21.2. The summed E-state index contributed by atoms with van der Waals surface area (Å²) in [6, 6.07) is 22.3. The molecular formula is C30H28FNO2. The van der Waals surface area contributed by atoms with Crippen molar-refractivity contribution in [3.63, 3.8) is 0 Å². The molecule has 1 fully saturated rings. The summed E-state index contributed by atoms with van der Waals surface area (Å²) in [6.45, 7) is 2.12. The number of hydrogen-bond donors (Lipinski definition) is 0. The van der Waals surface area contributed by atoms with Gasteiger partial charge in [0.2, 0.25) is 0 Å². The standard InChI is InChI=1S/C30H28FNO2/c1-19-8-6-15-23(29(19)31)20-16-21-9-7-10-22(17-20)32(21)30(33)34-18-28-26-13-4-2-11-24(26)25-12-3-5-14-27(25)28/h2-6,8,11-16,21-22,28H,7,9-10,17-18H2,1H3. The topological polar surface area (TPSA) is 29.5 Å². The highest BCUT2D eigenvalue weighted by Crippen LogP contribution is 2.45. The van der Waals surface area contributed by atoms with Crippen molar-refractivity contribution in [3.8, 4) is 11.1 Å². The van der Waals surface area contributed by atoms with Crippen molar-refractivity contribution >= 4 is 11.7 Å². The molecule has 2 bridgehead atoms. The highest BCUT2D eigenvalue weighted by Gasteiger charge is 2.39. The highest BCUT2D eigenvalue weighted by atomic mass is 19.1. The summed E-state index contributed by atoms with van der Waals surface area (Å²) in [5.74, 6) is -0.102. The number of benzene rings is 3. The third-order valence-electron chi connectivity index (χ3n) is 7.72. The lowest BCUT2D eigenvalue weighted by Crippen LogP contribution is -2.52. The molecule has 2 unspecified atom stereocenters. The smallest absolute Gasteiger partial charge is 0.410 e.